The van der Waals surface area contributed by atoms with Crippen LogP contribution in [0.1, 0.15) is 6.92 Å². The Balaban J connectivity index is 0. The highest BCUT2D eigenvalue weighted by Crippen LogP contribution is 1.90. The number of rotatable bonds is 4. The number of esters is 1. The first-order valence-electron chi connectivity index (χ1n) is 2.90. The van der Waals surface area contributed by atoms with Gasteiger partial charge in [0, 0.05) is 6.08 Å². The second kappa shape index (κ2) is 7.53. The van der Waals surface area contributed by atoms with Gasteiger partial charge in [0.05, 0.1) is 0 Å². The van der Waals surface area contributed by atoms with Crippen LogP contribution in [0.3, 0.4) is 0 Å². The Bertz CT molecular complexity index is 129. The zero-order chi connectivity index (χ0) is 7.98. The van der Waals surface area contributed by atoms with Crippen molar-refractivity contribution in [1.29, 1.82) is 0 Å². The molecule has 11 heavy (non-hydrogen) atoms. The Kier molecular flexibility index (Phi) is 8.92. The molecule has 66 valence electrons. The van der Waals surface area contributed by atoms with Gasteiger partial charge in [-0.25, -0.2) is 15.5 Å². The van der Waals surface area contributed by atoms with Crippen LogP contribution in [0.2, 0.25) is 0 Å². The van der Waals surface area contributed by atoms with Crippen LogP contribution >= 0.6 is 0 Å². The van der Waals surface area contributed by atoms with Crippen molar-refractivity contribution < 1.29 is 32.7 Å². The van der Waals surface area contributed by atoms with Gasteiger partial charge in [0.15, 0.2) is 0 Å². The van der Waals surface area contributed by atoms with Gasteiger partial charge >= 0.3 is 5.97 Å². The van der Waals surface area contributed by atoms with Gasteiger partial charge in [-0.2, -0.15) is 0 Å². The standard InChI is InChI=1S/C6H12NO3.ClH/c1-3-6(8)10-5(2)4-9-7;/h3,5H,1,4H2,2,7H3;1H/q+1;/p-1. The predicted octanol–water partition coefficient (Wildman–Crippen LogP) is -3.72. The van der Waals surface area contributed by atoms with Crippen molar-refractivity contribution in [2.24, 2.45) is 0 Å². The minimum atomic E-state index is -0.440. The van der Waals surface area contributed by atoms with Gasteiger partial charge in [-0.05, 0) is 6.92 Å². The van der Waals surface area contributed by atoms with Crippen LogP contribution in [-0.4, -0.2) is 18.7 Å². The average Bonchev–Trinajstić information content (AvgIpc) is 1.88. The van der Waals surface area contributed by atoms with E-state index < -0.39 is 5.97 Å². The molecule has 0 aromatic heterocycles. The first-order valence-corrected chi connectivity index (χ1v) is 2.90. The molecule has 0 rings (SSSR count). The van der Waals surface area contributed by atoms with E-state index >= 15 is 0 Å². The summed E-state index contributed by atoms with van der Waals surface area (Å²) in [7, 11) is 0. The minimum absolute atomic E-state index is 0. The highest BCUT2D eigenvalue weighted by molar-refractivity contribution is 5.81. The summed E-state index contributed by atoms with van der Waals surface area (Å²) in [6.07, 6.45) is 0.850. The maximum atomic E-state index is 10.5. The molecule has 5 heteroatoms. The molecule has 0 heterocycles. The lowest BCUT2D eigenvalue weighted by Gasteiger charge is -2.07. The molecule has 0 amide bonds. The number of hydrogen-bond donors (Lipinski definition) is 1. The lowest BCUT2D eigenvalue weighted by Crippen LogP contribution is -3.00. The maximum Gasteiger partial charge on any atom is 0.330 e. The van der Waals surface area contributed by atoms with Crippen LogP contribution in [0, 0.1) is 0 Å². The Labute approximate surface area is 71.7 Å². The number of halogens is 1. The molecular weight excluding hydrogens is 170 g/mol. The number of hydrogen-bond acceptors (Lipinski definition) is 3. The van der Waals surface area contributed by atoms with Gasteiger partial charge in [-0.1, -0.05) is 6.58 Å². The highest BCUT2D eigenvalue weighted by Gasteiger charge is 2.05. The molecule has 1 atom stereocenters. The van der Waals surface area contributed by atoms with Gasteiger partial charge in [0.2, 0.25) is 0 Å². The zero-order valence-electron chi connectivity index (χ0n) is 6.38. The zero-order valence-corrected chi connectivity index (χ0v) is 7.13. The van der Waals surface area contributed by atoms with Gasteiger partial charge in [-0.3, -0.25) is 0 Å². The first kappa shape index (κ1) is 13.0. The molecule has 0 aliphatic carbocycles. The molecule has 0 saturated heterocycles. The van der Waals surface area contributed by atoms with Crippen LogP contribution in [0.15, 0.2) is 12.7 Å². The molecule has 0 aromatic carbocycles. The van der Waals surface area contributed by atoms with Crippen LogP contribution < -0.4 is 18.3 Å². The van der Waals surface area contributed by atoms with E-state index in [0.717, 1.165) is 6.08 Å². The highest BCUT2D eigenvalue weighted by atomic mass is 35.5. The summed E-state index contributed by atoms with van der Waals surface area (Å²) in [5, 5.41) is 0. The van der Waals surface area contributed by atoms with Crippen molar-refractivity contribution in [2.45, 2.75) is 13.0 Å². The molecule has 4 nitrogen and oxygen atoms in total. The van der Waals surface area contributed by atoms with E-state index in [4.69, 9.17) is 4.74 Å². The second-order valence-corrected chi connectivity index (χ2v) is 1.82. The fraction of sp³-hybridized carbons (Fsp3) is 0.500. The molecule has 1 unspecified atom stereocenters. The van der Waals surface area contributed by atoms with Crippen molar-refractivity contribution in [3.8, 4) is 0 Å². The van der Waals surface area contributed by atoms with E-state index in [1.54, 1.807) is 6.92 Å². The predicted molar refractivity (Wildman–Crippen MR) is 34.6 cm³/mol. The summed E-state index contributed by atoms with van der Waals surface area (Å²) in [4.78, 5) is 15.0. The molecule has 0 aliphatic heterocycles. The van der Waals surface area contributed by atoms with E-state index in [1.165, 1.54) is 0 Å². The number of ether oxygens (including phenoxy) is 1. The molecular formula is C6H12ClNO3. The number of carbonyl (C=O) groups excluding carboxylic acids is 1. The Morgan fingerprint density at radius 3 is 2.73 bits per heavy atom. The Hall–Kier alpha value is -0.580. The van der Waals surface area contributed by atoms with Crippen LogP contribution in [0.25, 0.3) is 0 Å². The molecule has 0 aliphatic rings. The summed E-state index contributed by atoms with van der Waals surface area (Å²) in [5.41, 5.74) is 0. The normalized spacial score (nSPS) is 11.1. The maximum absolute atomic E-state index is 10.5. The van der Waals surface area contributed by atoms with Crippen molar-refractivity contribution in [3.05, 3.63) is 12.7 Å². The van der Waals surface area contributed by atoms with Gasteiger partial charge in [0.25, 0.3) is 0 Å². The quantitative estimate of drug-likeness (QED) is 0.276. The first-order chi connectivity index (χ1) is 4.70. The molecule has 0 spiro atoms. The summed E-state index contributed by atoms with van der Waals surface area (Å²) in [6, 6.07) is 0. The fourth-order valence-electron chi connectivity index (χ4n) is 0.446. The van der Waals surface area contributed by atoms with Crippen LogP contribution in [0.4, 0.5) is 0 Å². The fourth-order valence-corrected chi connectivity index (χ4v) is 0.446. The third-order valence-electron chi connectivity index (χ3n) is 0.837. The topological polar surface area (TPSA) is 63.2 Å². The molecule has 0 fully saturated rings. The molecule has 3 N–H and O–H groups in total. The van der Waals surface area contributed by atoms with Gasteiger partial charge < -0.3 is 17.1 Å². The van der Waals surface area contributed by atoms with E-state index in [0.29, 0.717) is 6.61 Å². The van der Waals surface area contributed by atoms with E-state index in [9.17, 15) is 4.79 Å². The summed E-state index contributed by atoms with van der Waals surface area (Å²) in [5.74, 6) is 2.70. The van der Waals surface area contributed by atoms with E-state index in [1.807, 2.05) is 0 Å². The minimum Gasteiger partial charge on any atom is -1.00 e. The number of quaternary nitrogens is 1. The van der Waals surface area contributed by atoms with Crippen LogP contribution in [0.5, 0.6) is 0 Å². The van der Waals surface area contributed by atoms with Crippen molar-refractivity contribution >= 4 is 5.97 Å². The lowest BCUT2D eigenvalue weighted by atomic mass is 10.4. The Morgan fingerprint density at radius 2 is 2.36 bits per heavy atom. The van der Waals surface area contributed by atoms with Crippen molar-refractivity contribution in [2.75, 3.05) is 6.61 Å². The van der Waals surface area contributed by atoms with E-state index in [2.05, 4.69) is 17.3 Å². The van der Waals surface area contributed by atoms with Crippen molar-refractivity contribution in [3.63, 3.8) is 0 Å². The van der Waals surface area contributed by atoms with Gasteiger partial charge in [-0.15, -0.1) is 0 Å². The molecule has 0 radical (unpaired) electrons. The Morgan fingerprint density at radius 1 is 1.82 bits per heavy atom. The van der Waals surface area contributed by atoms with E-state index in [-0.39, 0.29) is 18.5 Å². The molecule has 0 saturated carbocycles. The average molecular weight is 182 g/mol. The summed E-state index contributed by atoms with van der Waals surface area (Å²) in [6.45, 7) is 5.26. The monoisotopic (exact) mass is 181 g/mol. The summed E-state index contributed by atoms with van der Waals surface area (Å²) >= 11 is 0. The third-order valence-corrected chi connectivity index (χ3v) is 0.837. The lowest BCUT2D eigenvalue weighted by molar-refractivity contribution is -0.691. The molecule has 0 aromatic rings. The van der Waals surface area contributed by atoms with Crippen LogP contribution in [-0.2, 0) is 14.4 Å². The smallest absolute Gasteiger partial charge is 0.330 e. The summed E-state index contributed by atoms with van der Waals surface area (Å²) < 4.78 is 4.72. The second-order valence-electron chi connectivity index (χ2n) is 1.82. The number of carbonyl (C=O) groups is 1. The largest absolute Gasteiger partial charge is 1.00 e. The molecule has 0 bridgehead atoms. The SMILES string of the molecule is C=CC(=O)OC(C)CO[NH3+].[Cl-]. The van der Waals surface area contributed by atoms with Gasteiger partial charge in [0.1, 0.15) is 12.7 Å². The van der Waals surface area contributed by atoms with Crippen molar-refractivity contribution in [1.82, 2.24) is 0 Å². The third kappa shape index (κ3) is 7.32.